The van der Waals surface area contributed by atoms with Crippen molar-refractivity contribution >= 4 is 61.0 Å². The third-order valence-electron chi connectivity index (χ3n) is 17.8. The van der Waals surface area contributed by atoms with Crippen LogP contribution in [0, 0.1) is 15.5 Å². The standard InChI is InChI=1S/C56H66N10O9S/c1-34(2)42-7-4-5-8-43(42)45-9-6-16-64(45)39-25-56(26-39)13-17-62(18-14-56)38-10-11-44(46(22-38)65-48-21-36-12-15-57-53(36)59-55(48)75-51-33-73-32-49(51)65)54(67)60-76(70,71)41-23-47(66(68)69)52-50(24-41)74-29-37(58-52)28-61-19-20-63(35(3)27-61)40-30-72-31-40/h4-5,7-8,10-12,15,21-24,35,37,39-40,45,49,51,58H,1,6,9,13-14,16-20,25-33H2,2-3H3,(H,57,59)(H,60,67)/t35-,37-,45+,49-,51+/m1/s1. The second-order valence-electron chi connectivity index (χ2n) is 22.6. The van der Waals surface area contributed by atoms with Gasteiger partial charge in [0.1, 0.15) is 24.0 Å². The van der Waals surface area contributed by atoms with Crippen LogP contribution < -0.4 is 29.3 Å². The minimum absolute atomic E-state index is 0.0256. The lowest BCUT2D eigenvalue weighted by molar-refractivity contribution is -0.384. The first-order valence-corrected chi connectivity index (χ1v) is 28.5. The number of benzene rings is 3. The van der Waals surface area contributed by atoms with Gasteiger partial charge in [0.2, 0.25) is 5.88 Å². The maximum Gasteiger partial charge on any atom is 0.297 e. The number of aromatic amines is 1. The van der Waals surface area contributed by atoms with Crippen LogP contribution in [0.4, 0.5) is 28.4 Å². The number of nitrogens with one attached hydrogen (secondary N) is 3. The van der Waals surface area contributed by atoms with Crippen LogP contribution >= 0.6 is 0 Å². The third kappa shape index (κ3) is 8.83. The molecule has 76 heavy (non-hydrogen) atoms. The number of nitrogens with zero attached hydrogens (tertiary/aromatic N) is 7. The van der Waals surface area contributed by atoms with Crippen LogP contribution in [0.1, 0.15) is 79.9 Å². The van der Waals surface area contributed by atoms with Crippen molar-refractivity contribution in [2.24, 2.45) is 5.41 Å². The van der Waals surface area contributed by atoms with Gasteiger partial charge in [-0.3, -0.25) is 29.6 Å². The fourth-order valence-corrected chi connectivity index (χ4v) is 14.8. The average molecular weight is 1060 g/mol. The van der Waals surface area contributed by atoms with Crippen molar-refractivity contribution in [3.63, 3.8) is 0 Å². The molecule has 0 bridgehead atoms. The number of rotatable bonds is 12. The average Bonchev–Trinajstić information content (AvgIpc) is 4.19. The number of nitro benzene ring substituents is 1. The van der Waals surface area contributed by atoms with E-state index in [9.17, 15) is 23.3 Å². The molecule has 3 N–H and O–H groups in total. The van der Waals surface area contributed by atoms with E-state index in [0.717, 1.165) is 94.5 Å². The quantitative estimate of drug-likeness (QED) is 0.0845. The second-order valence-corrected chi connectivity index (χ2v) is 24.3. The van der Waals surface area contributed by atoms with Gasteiger partial charge in [0.15, 0.2) is 11.4 Å². The molecule has 0 unspecified atom stereocenters. The Bertz CT molecular complexity index is 3220. The monoisotopic (exact) mass is 1050 g/mol. The predicted molar refractivity (Wildman–Crippen MR) is 288 cm³/mol. The fraction of sp³-hybridized carbons (Fsp3) is 0.500. The molecule has 20 heteroatoms. The number of sulfonamides is 1. The van der Waals surface area contributed by atoms with Crippen molar-refractivity contribution in [1.82, 2.24) is 29.4 Å². The third-order valence-corrected chi connectivity index (χ3v) is 19.1. The van der Waals surface area contributed by atoms with Crippen molar-refractivity contribution in [1.29, 1.82) is 0 Å². The Morgan fingerprint density at radius 2 is 1.74 bits per heavy atom. The zero-order valence-corrected chi connectivity index (χ0v) is 43.9. The number of hydrogen-bond acceptors (Lipinski definition) is 16. The number of H-pyrrole nitrogens is 1. The SMILES string of the molecule is C=C(C)c1ccccc1[C@@H]1CCCN1C1CC2(CCN(c3ccc(C(=O)NS(=O)(=O)c4cc5c(c([N+](=O)[O-])c4)N[C@H](CN4CCN(C6COC6)[C@H](C)C4)CO5)c(N4c5cc6cc[nH]c6nc5O[C@H]5COC[C@H]54)c3)CC2)C1. The number of amides is 1. The number of ether oxygens (including phenoxy) is 4. The maximum atomic E-state index is 14.8. The number of carbonyl (C=O) groups is 1. The van der Waals surface area contributed by atoms with Gasteiger partial charge >= 0.3 is 0 Å². The molecule has 19 nitrogen and oxygen atoms in total. The Hall–Kier alpha value is -6.29. The Morgan fingerprint density at radius 3 is 2.51 bits per heavy atom. The van der Waals surface area contributed by atoms with Gasteiger partial charge in [-0.15, -0.1) is 0 Å². The van der Waals surface area contributed by atoms with Crippen LogP contribution in [0.3, 0.4) is 0 Å². The summed E-state index contributed by atoms with van der Waals surface area (Å²) >= 11 is 0. The van der Waals surface area contributed by atoms with Gasteiger partial charge in [-0.1, -0.05) is 36.4 Å². The molecule has 5 saturated heterocycles. The first-order valence-electron chi connectivity index (χ1n) is 27.0. The summed E-state index contributed by atoms with van der Waals surface area (Å²) in [6.07, 6.45) is 8.16. The van der Waals surface area contributed by atoms with Crippen LogP contribution in [0.2, 0.25) is 0 Å². The summed E-state index contributed by atoms with van der Waals surface area (Å²) in [7, 11) is -4.71. The number of carbonyl (C=O) groups excluding carboxylic acids is 1. The molecule has 13 rings (SSSR count). The first kappa shape index (κ1) is 49.3. The molecular weight excluding hydrogens is 989 g/mol. The van der Waals surface area contributed by atoms with E-state index < -0.39 is 37.5 Å². The molecule has 5 atom stereocenters. The van der Waals surface area contributed by atoms with Crippen LogP contribution in [0.5, 0.6) is 11.6 Å². The number of fused-ring (bicyclic) bond motifs is 4. The van der Waals surface area contributed by atoms with Gasteiger partial charge < -0.3 is 39.0 Å². The molecule has 6 fully saturated rings. The zero-order valence-electron chi connectivity index (χ0n) is 43.1. The minimum atomic E-state index is -4.71. The summed E-state index contributed by atoms with van der Waals surface area (Å²) in [6.45, 7) is 16.8. The highest BCUT2D eigenvalue weighted by atomic mass is 32.2. The van der Waals surface area contributed by atoms with Gasteiger partial charge in [0, 0.05) is 86.8 Å². The number of pyridine rings is 1. The highest BCUT2D eigenvalue weighted by molar-refractivity contribution is 7.90. The molecule has 8 aliphatic rings. The molecular formula is C56H66N10O9S. The van der Waals surface area contributed by atoms with E-state index in [0.29, 0.717) is 66.8 Å². The fourth-order valence-electron chi connectivity index (χ4n) is 13.8. The number of hydrogen-bond donors (Lipinski definition) is 3. The number of likely N-dealkylation sites (tertiary alicyclic amines) is 1. The molecule has 1 amide bonds. The van der Waals surface area contributed by atoms with Gasteiger partial charge in [0.25, 0.3) is 21.6 Å². The van der Waals surface area contributed by atoms with Crippen LogP contribution in [-0.4, -0.2) is 159 Å². The van der Waals surface area contributed by atoms with Crippen molar-refractivity contribution in [2.45, 2.75) is 99.6 Å². The van der Waals surface area contributed by atoms with E-state index >= 15 is 0 Å². The smallest absolute Gasteiger partial charge is 0.297 e. The van der Waals surface area contributed by atoms with Crippen LogP contribution in [-0.2, 0) is 19.5 Å². The Morgan fingerprint density at radius 1 is 0.921 bits per heavy atom. The van der Waals surface area contributed by atoms with Gasteiger partial charge in [-0.05, 0) is 106 Å². The number of allylic oxidation sites excluding steroid dienone is 1. The topological polar surface area (TPSA) is 200 Å². The number of nitro groups is 1. The first-order chi connectivity index (χ1) is 36.8. The molecule has 1 spiro atoms. The largest absolute Gasteiger partial charge is 0.489 e. The van der Waals surface area contributed by atoms with Gasteiger partial charge in [0.05, 0.1) is 65.6 Å². The summed E-state index contributed by atoms with van der Waals surface area (Å²) in [4.78, 5) is 46.4. The van der Waals surface area contributed by atoms with E-state index in [1.54, 1.807) is 6.07 Å². The molecule has 2 aromatic heterocycles. The van der Waals surface area contributed by atoms with E-state index in [4.69, 9.17) is 23.9 Å². The summed E-state index contributed by atoms with van der Waals surface area (Å²) < 4.78 is 55.2. The lowest BCUT2D eigenvalue weighted by Gasteiger charge is -2.56. The van der Waals surface area contributed by atoms with Gasteiger partial charge in [-0.2, -0.15) is 4.98 Å². The van der Waals surface area contributed by atoms with Crippen molar-refractivity contribution < 1.29 is 37.1 Å². The van der Waals surface area contributed by atoms with E-state index in [1.807, 2.05) is 35.4 Å². The summed E-state index contributed by atoms with van der Waals surface area (Å²) in [5.41, 5.74) is 6.40. The molecule has 400 valence electrons. The van der Waals surface area contributed by atoms with Crippen molar-refractivity contribution in [3.05, 3.63) is 106 Å². The Labute approximate surface area is 442 Å². The summed E-state index contributed by atoms with van der Waals surface area (Å²) in [5, 5.41) is 16.8. The number of piperidine rings is 1. The maximum absolute atomic E-state index is 14.8. The van der Waals surface area contributed by atoms with E-state index in [2.05, 4.69) is 79.3 Å². The number of anilines is 4. The number of aromatic nitrogens is 2. The Kier molecular flexibility index (Phi) is 12.5. The summed E-state index contributed by atoms with van der Waals surface area (Å²) in [6, 6.07) is 21.5. The van der Waals surface area contributed by atoms with Crippen molar-refractivity contribution in [3.8, 4) is 11.6 Å². The van der Waals surface area contributed by atoms with Crippen LogP contribution in [0.25, 0.3) is 16.6 Å². The lowest BCUT2D eigenvalue weighted by Crippen LogP contribution is -2.61. The molecule has 9 heterocycles. The second kappa shape index (κ2) is 19.3. The van der Waals surface area contributed by atoms with E-state index in [-0.39, 0.29) is 41.1 Å². The highest BCUT2D eigenvalue weighted by Crippen LogP contribution is 2.55. The zero-order chi connectivity index (χ0) is 52.0. The molecule has 5 aromatic rings. The van der Waals surface area contributed by atoms with E-state index in [1.165, 1.54) is 36.5 Å². The molecule has 7 aliphatic heterocycles. The Balaban J connectivity index is 0.758. The van der Waals surface area contributed by atoms with Crippen molar-refractivity contribution in [2.75, 3.05) is 94.0 Å². The molecule has 1 saturated carbocycles. The highest BCUT2D eigenvalue weighted by Gasteiger charge is 2.51. The predicted octanol–water partition coefficient (Wildman–Crippen LogP) is 7.08. The van der Waals surface area contributed by atoms with Gasteiger partial charge in [-0.25, -0.2) is 13.1 Å². The molecule has 0 radical (unpaired) electrons. The molecule has 1 aliphatic carbocycles. The number of piperazine rings is 1. The minimum Gasteiger partial charge on any atom is -0.489 e. The summed E-state index contributed by atoms with van der Waals surface area (Å²) in [5.74, 6) is -0.510. The lowest BCUT2D eigenvalue weighted by atomic mass is 9.59. The molecule has 3 aromatic carbocycles. The normalized spacial score (nSPS) is 25.9. The van der Waals surface area contributed by atoms with Crippen LogP contribution in [0.15, 0.2) is 84.4 Å².